The molecule has 4 aromatic rings. The van der Waals surface area contributed by atoms with E-state index in [1.807, 2.05) is 44.2 Å². The first kappa shape index (κ1) is 21.9. The van der Waals surface area contributed by atoms with E-state index in [4.69, 9.17) is 0 Å². The molecular formula is C26H24N4O3S. The Hall–Kier alpha value is -3.91. The fourth-order valence-corrected chi connectivity index (χ4v) is 5.33. The second-order valence-corrected chi connectivity index (χ2v) is 10.2. The number of nitrogens with zero attached hydrogens (tertiary/aromatic N) is 1. The molecule has 7 nitrogen and oxygen atoms in total. The van der Waals surface area contributed by atoms with Gasteiger partial charge in [-0.25, -0.2) is 8.42 Å². The molecule has 0 bridgehead atoms. The van der Waals surface area contributed by atoms with E-state index >= 15 is 0 Å². The topological polar surface area (TPSA) is 104 Å². The van der Waals surface area contributed by atoms with E-state index < -0.39 is 10.0 Å². The number of carbonyl (C=O) groups is 1. The molecule has 3 N–H and O–H groups in total. The summed E-state index contributed by atoms with van der Waals surface area (Å²) >= 11 is 0. The summed E-state index contributed by atoms with van der Waals surface area (Å²) in [6.45, 7) is 3.76. The SMILES string of the molecule is Cc1ccc(C)c(NS(=O)(=O)c2ccc(NC(=O)c3[nH]nc4c3CCc3ccccc3-4)cc2)c1. The van der Waals surface area contributed by atoms with Crippen molar-refractivity contribution in [2.45, 2.75) is 31.6 Å². The molecule has 0 saturated heterocycles. The summed E-state index contributed by atoms with van der Waals surface area (Å²) < 4.78 is 28.3. The van der Waals surface area contributed by atoms with Crippen LogP contribution in [0.4, 0.5) is 11.4 Å². The zero-order chi connectivity index (χ0) is 23.9. The average Bonchev–Trinajstić information content (AvgIpc) is 3.26. The maximum Gasteiger partial charge on any atom is 0.273 e. The highest BCUT2D eigenvalue weighted by atomic mass is 32.2. The molecule has 1 aromatic heterocycles. The highest BCUT2D eigenvalue weighted by Gasteiger charge is 2.25. The lowest BCUT2D eigenvalue weighted by Crippen LogP contribution is -2.16. The summed E-state index contributed by atoms with van der Waals surface area (Å²) in [7, 11) is -3.76. The number of H-pyrrole nitrogens is 1. The highest BCUT2D eigenvalue weighted by molar-refractivity contribution is 7.92. The van der Waals surface area contributed by atoms with Crippen molar-refractivity contribution in [2.24, 2.45) is 0 Å². The van der Waals surface area contributed by atoms with Crippen LogP contribution in [0.2, 0.25) is 0 Å². The number of sulfonamides is 1. The Morgan fingerprint density at radius 3 is 2.53 bits per heavy atom. The summed E-state index contributed by atoms with van der Waals surface area (Å²) in [5.74, 6) is -0.308. The molecule has 5 rings (SSSR count). The summed E-state index contributed by atoms with van der Waals surface area (Å²) in [6.07, 6.45) is 1.58. The Labute approximate surface area is 198 Å². The Kier molecular flexibility index (Phi) is 5.45. The minimum atomic E-state index is -3.76. The van der Waals surface area contributed by atoms with E-state index in [9.17, 15) is 13.2 Å². The maximum atomic E-state index is 12.9. The fraction of sp³-hybridized carbons (Fsp3) is 0.154. The van der Waals surface area contributed by atoms with Crippen LogP contribution in [0, 0.1) is 13.8 Å². The minimum absolute atomic E-state index is 0.113. The van der Waals surface area contributed by atoms with Gasteiger partial charge in [0.25, 0.3) is 15.9 Å². The molecule has 0 atom stereocenters. The number of anilines is 2. The number of benzene rings is 3. The van der Waals surface area contributed by atoms with Gasteiger partial charge >= 0.3 is 0 Å². The van der Waals surface area contributed by atoms with Crippen molar-refractivity contribution in [3.05, 3.63) is 94.7 Å². The first-order valence-electron chi connectivity index (χ1n) is 11.0. The lowest BCUT2D eigenvalue weighted by atomic mass is 9.89. The van der Waals surface area contributed by atoms with E-state index in [1.165, 1.54) is 17.7 Å². The number of nitrogens with one attached hydrogen (secondary N) is 3. The number of hydrogen-bond donors (Lipinski definition) is 3. The number of aromatic amines is 1. The van der Waals surface area contributed by atoms with Crippen molar-refractivity contribution < 1.29 is 13.2 Å². The number of rotatable bonds is 5. The predicted octanol–water partition coefficient (Wildman–Crippen LogP) is 4.85. The summed E-state index contributed by atoms with van der Waals surface area (Å²) in [5, 5.41) is 10.1. The van der Waals surface area contributed by atoms with Gasteiger partial charge in [0.1, 0.15) is 5.69 Å². The maximum absolute atomic E-state index is 12.9. The van der Waals surface area contributed by atoms with Crippen LogP contribution in [0.1, 0.15) is 32.7 Å². The molecule has 0 fully saturated rings. The zero-order valence-corrected chi connectivity index (χ0v) is 19.7. The Balaban J connectivity index is 1.33. The number of fused-ring (bicyclic) bond motifs is 3. The molecule has 172 valence electrons. The van der Waals surface area contributed by atoms with Crippen molar-refractivity contribution in [2.75, 3.05) is 10.0 Å². The average molecular weight is 473 g/mol. The first-order valence-corrected chi connectivity index (χ1v) is 12.5. The normalized spacial score (nSPS) is 12.5. The van der Waals surface area contributed by atoms with Crippen LogP contribution in [-0.2, 0) is 22.9 Å². The van der Waals surface area contributed by atoms with Crippen LogP contribution in [0.5, 0.6) is 0 Å². The van der Waals surface area contributed by atoms with Crippen molar-refractivity contribution in [1.29, 1.82) is 0 Å². The lowest BCUT2D eigenvalue weighted by Gasteiger charge is -2.15. The molecule has 3 aromatic carbocycles. The second-order valence-electron chi connectivity index (χ2n) is 8.49. The third-order valence-corrected chi connectivity index (χ3v) is 7.45. The summed E-state index contributed by atoms with van der Waals surface area (Å²) in [6, 6.07) is 19.8. The van der Waals surface area contributed by atoms with Crippen LogP contribution >= 0.6 is 0 Å². The quantitative estimate of drug-likeness (QED) is 0.386. The molecule has 1 amide bonds. The van der Waals surface area contributed by atoms with Crippen LogP contribution in [0.15, 0.2) is 71.6 Å². The molecular weight excluding hydrogens is 448 g/mol. The highest BCUT2D eigenvalue weighted by Crippen LogP contribution is 2.33. The minimum Gasteiger partial charge on any atom is -0.321 e. The Morgan fingerprint density at radius 2 is 1.74 bits per heavy atom. The molecule has 0 radical (unpaired) electrons. The first-order chi connectivity index (χ1) is 16.3. The van der Waals surface area contributed by atoms with E-state index in [-0.39, 0.29) is 10.8 Å². The Morgan fingerprint density at radius 1 is 0.971 bits per heavy atom. The summed E-state index contributed by atoms with van der Waals surface area (Å²) in [4.78, 5) is 13.1. The molecule has 0 saturated carbocycles. The fourth-order valence-electron chi connectivity index (χ4n) is 4.21. The standard InChI is InChI=1S/C26H24N4O3S/c1-16-7-8-17(2)23(15-16)30-34(32,33)20-12-10-19(11-13-20)27-26(31)25-22-14-9-18-5-3-4-6-21(18)24(22)28-29-25/h3-8,10-13,15,30H,9,14H2,1-2H3,(H,27,31)(H,28,29). The number of hydrogen-bond acceptors (Lipinski definition) is 4. The molecule has 1 heterocycles. The van der Waals surface area contributed by atoms with Crippen LogP contribution in [0.3, 0.4) is 0 Å². The Bertz CT molecular complexity index is 1510. The van der Waals surface area contributed by atoms with Crippen LogP contribution in [0.25, 0.3) is 11.3 Å². The molecule has 0 unspecified atom stereocenters. The van der Waals surface area contributed by atoms with Gasteiger partial charge in [-0.15, -0.1) is 0 Å². The largest absolute Gasteiger partial charge is 0.321 e. The molecule has 0 aliphatic heterocycles. The van der Waals surface area contributed by atoms with Crippen LogP contribution in [-0.4, -0.2) is 24.5 Å². The number of amides is 1. The van der Waals surface area contributed by atoms with Crippen molar-refractivity contribution in [3.63, 3.8) is 0 Å². The van der Waals surface area contributed by atoms with E-state index in [0.717, 1.165) is 40.8 Å². The van der Waals surface area contributed by atoms with E-state index in [1.54, 1.807) is 18.2 Å². The monoisotopic (exact) mass is 472 g/mol. The number of carbonyl (C=O) groups excluding carboxylic acids is 1. The van der Waals surface area contributed by atoms with Gasteiger partial charge < -0.3 is 5.32 Å². The van der Waals surface area contributed by atoms with Gasteiger partial charge in [0.2, 0.25) is 0 Å². The molecule has 0 spiro atoms. The van der Waals surface area contributed by atoms with E-state index in [2.05, 4.69) is 26.3 Å². The van der Waals surface area contributed by atoms with Crippen LogP contribution < -0.4 is 10.0 Å². The van der Waals surface area contributed by atoms with Gasteiger partial charge in [-0.2, -0.15) is 5.10 Å². The third kappa shape index (κ3) is 4.08. The third-order valence-electron chi connectivity index (χ3n) is 6.07. The zero-order valence-electron chi connectivity index (χ0n) is 18.8. The van der Waals surface area contributed by atoms with Gasteiger partial charge in [0.05, 0.1) is 16.3 Å². The second kappa shape index (κ2) is 8.46. The smallest absolute Gasteiger partial charge is 0.273 e. The van der Waals surface area contributed by atoms with Gasteiger partial charge in [-0.05, 0) is 73.7 Å². The molecule has 8 heteroatoms. The van der Waals surface area contributed by atoms with Crippen molar-refractivity contribution >= 4 is 27.3 Å². The summed E-state index contributed by atoms with van der Waals surface area (Å²) in [5.41, 5.74) is 7.24. The van der Waals surface area contributed by atoms with Gasteiger partial charge in [0.15, 0.2) is 0 Å². The lowest BCUT2D eigenvalue weighted by molar-refractivity contribution is 0.102. The van der Waals surface area contributed by atoms with Gasteiger partial charge in [-0.1, -0.05) is 36.4 Å². The van der Waals surface area contributed by atoms with Crippen molar-refractivity contribution in [1.82, 2.24) is 10.2 Å². The van der Waals surface area contributed by atoms with E-state index in [0.29, 0.717) is 17.1 Å². The van der Waals surface area contributed by atoms with Gasteiger partial charge in [0, 0.05) is 16.8 Å². The van der Waals surface area contributed by atoms with Crippen molar-refractivity contribution in [3.8, 4) is 11.3 Å². The number of aryl methyl sites for hydroxylation is 3. The molecule has 1 aliphatic carbocycles. The predicted molar refractivity (Wildman–Crippen MR) is 133 cm³/mol. The van der Waals surface area contributed by atoms with Gasteiger partial charge in [-0.3, -0.25) is 14.6 Å². The molecule has 34 heavy (non-hydrogen) atoms. The molecule has 1 aliphatic rings. The number of aromatic nitrogens is 2.